The van der Waals surface area contributed by atoms with Crippen molar-refractivity contribution >= 4 is 17.7 Å². The van der Waals surface area contributed by atoms with Crippen LogP contribution in [0.3, 0.4) is 0 Å². The van der Waals surface area contributed by atoms with Gasteiger partial charge in [-0.3, -0.25) is 14.3 Å². The van der Waals surface area contributed by atoms with Gasteiger partial charge in [0, 0.05) is 30.5 Å². The van der Waals surface area contributed by atoms with Crippen LogP contribution in [-0.4, -0.2) is 56.4 Å². The Bertz CT molecular complexity index is 937. The molecule has 0 N–H and O–H groups in total. The predicted molar refractivity (Wildman–Crippen MR) is 111 cm³/mol. The largest absolute Gasteiger partial charge is 0.372 e. The summed E-state index contributed by atoms with van der Waals surface area (Å²) in [5.41, 5.74) is 2.73. The molecule has 3 heterocycles. The first-order valence-corrected chi connectivity index (χ1v) is 11.1. The molecule has 154 valence electrons. The summed E-state index contributed by atoms with van der Waals surface area (Å²) in [5.74, 6) is 0.367. The number of aromatic nitrogens is 3. The summed E-state index contributed by atoms with van der Waals surface area (Å²) in [4.78, 5) is 35.9. The van der Waals surface area contributed by atoms with Gasteiger partial charge in [0.15, 0.2) is 0 Å². The zero-order valence-electron chi connectivity index (χ0n) is 16.8. The van der Waals surface area contributed by atoms with Crippen molar-refractivity contribution in [2.45, 2.75) is 56.9 Å². The highest BCUT2D eigenvalue weighted by molar-refractivity contribution is 7.99. The molecule has 1 aliphatic heterocycles. The van der Waals surface area contributed by atoms with Crippen molar-refractivity contribution in [2.75, 3.05) is 18.8 Å². The summed E-state index contributed by atoms with van der Waals surface area (Å²) >= 11 is 1.39. The summed E-state index contributed by atoms with van der Waals surface area (Å²) in [7, 11) is 0. The van der Waals surface area contributed by atoms with E-state index in [1.54, 1.807) is 10.8 Å². The molecule has 1 amide bonds. The van der Waals surface area contributed by atoms with Gasteiger partial charge in [-0.15, -0.1) is 0 Å². The lowest BCUT2D eigenvalue weighted by atomic mass is 10.2. The number of fused-ring (bicyclic) bond motifs is 1. The minimum Gasteiger partial charge on any atom is -0.372 e. The Balaban J connectivity index is 1.50. The normalized spacial score (nSPS) is 21.2. The third kappa shape index (κ3) is 4.53. The molecule has 0 saturated carbocycles. The van der Waals surface area contributed by atoms with Gasteiger partial charge in [-0.2, -0.15) is 4.98 Å². The fourth-order valence-corrected chi connectivity index (χ4v) is 5.10. The molecule has 29 heavy (non-hydrogen) atoms. The van der Waals surface area contributed by atoms with Gasteiger partial charge in [0.25, 0.3) is 0 Å². The minimum absolute atomic E-state index is 0.0468. The highest BCUT2D eigenvalue weighted by Gasteiger charge is 2.27. The highest BCUT2D eigenvalue weighted by Crippen LogP contribution is 2.29. The molecule has 2 unspecified atom stereocenters. The van der Waals surface area contributed by atoms with E-state index < -0.39 is 0 Å². The summed E-state index contributed by atoms with van der Waals surface area (Å²) in [6, 6.07) is 5.70. The molecule has 0 spiro atoms. The first kappa shape index (κ1) is 20.1. The van der Waals surface area contributed by atoms with Crippen molar-refractivity contribution in [2.24, 2.45) is 0 Å². The predicted octanol–water partition coefficient (Wildman–Crippen LogP) is 1.90. The Kier molecular flexibility index (Phi) is 6.01. The molecule has 0 bridgehead atoms. The second-order valence-electron chi connectivity index (χ2n) is 7.73. The van der Waals surface area contributed by atoms with E-state index in [9.17, 15) is 9.59 Å². The smallest absolute Gasteiger partial charge is 0.349 e. The van der Waals surface area contributed by atoms with E-state index >= 15 is 0 Å². The molecule has 2 aliphatic rings. The number of carbonyl (C=O) groups is 1. The molecule has 0 aromatic carbocycles. The number of hydrogen-bond donors (Lipinski definition) is 0. The lowest BCUT2D eigenvalue weighted by Crippen LogP contribution is -2.48. The second-order valence-corrected chi connectivity index (χ2v) is 8.69. The Labute approximate surface area is 174 Å². The molecular weight excluding hydrogens is 388 g/mol. The fourth-order valence-electron chi connectivity index (χ4n) is 4.13. The molecule has 2 aromatic rings. The first-order chi connectivity index (χ1) is 14.0. The fraction of sp³-hybridized carbons (Fsp3) is 0.524. The first-order valence-electron chi connectivity index (χ1n) is 10.1. The Hall–Kier alpha value is -2.19. The average molecular weight is 415 g/mol. The van der Waals surface area contributed by atoms with Gasteiger partial charge < -0.3 is 9.64 Å². The van der Waals surface area contributed by atoms with Gasteiger partial charge in [-0.1, -0.05) is 17.8 Å². The molecule has 2 aromatic heterocycles. The van der Waals surface area contributed by atoms with Crippen molar-refractivity contribution in [3.63, 3.8) is 0 Å². The Morgan fingerprint density at radius 3 is 2.76 bits per heavy atom. The quantitative estimate of drug-likeness (QED) is 0.549. The van der Waals surface area contributed by atoms with E-state index in [0.717, 1.165) is 36.2 Å². The molecule has 8 heteroatoms. The van der Waals surface area contributed by atoms with E-state index in [-0.39, 0.29) is 23.8 Å². The van der Waals surface area contributed by atoms with Crippen LogP contribution in [0.4, 0.5) is 0 Å². The number of pyridine rings is 1. The monoisotopic (exact) mass is 414 g/mol. The molecule has 1 fully saturated rings. The molecule has 7 nitrogen and oxygen atoms in total. The summed E-state index contributed by atoms with van der Waals surface area (Å²) in [6.07, 6.45) is 4.59. The van der Waals surface area contributed by atoms with Crippen LogP contribution in [-0.2, 0) is 28.9 Å². The number of morpholine rings is 1. The third-order valence-electron chi connectivity index (χ3n) is 5.35. The van der Waals surface area contributed by atoms with Crippen LogP contribution in [0.25, 0.3) is 0 Å². The molecule has 4 rings (SSSR count). The number of nitrogens with zero attached hydrogens (tertiary/aromatic N) is 4. The summed E-state index contributed by atoms with van der Waals surface area (Å²) < 4.78 is 7.44. The van der Waals surface area contributed by atoms with Crippen molar-refractivity contribution in [3.8, 4) is 0 Å². The Morgan fingerprint density at radius 1 is 1.24 bits per heavy atom. The van der Waals surface area contributed by atoms with E-state index in [1.165, 1.54) is 11.8 Å². The van der Waals surface area contributed by atoms with Gasteiger partial charge >= 0.3 is 5.69 Å². The van der Waals surface area contributed by atoms with Crippen LogP contribution < -0.4 is 5.69 Å². The second kappa shape index (κ2) is 8.67. The number of carbonyl (C=O) groups excluding carboxylic acids is 1. The molecule has 0 radical (unpaired) electrons. The van der Waals surface area contributed by atoms with Crippen molar-refractivity contribution < 1.29 is 9.53 Å². The average Bonchev–Trinajstić information content (AvgIpc) is 3.18. The Morgan fingerprint density at radius 2 is 2.03 bits per heavy atom. The van der Waals surface area contributed by atoms with Crippen LogP contribution in [0.5, 0.6) is 0 Å². The van der Waals surface area contributed by atoms with Crippen molar-refractivity contribution in [1.29, 1.82) is 0 Å². The van der Waals surface area contributed by atoms with Crippen LogP contribution in [0.1, 0.15) is 37.2 Å². The van der Waals surface area contributed by atoms with Crippen molar-refractivity contribution in [3.05, 3.63) is 51.8 Å². The lowest BCUT2D eigenvalue weighted by molar-refractivity contribution is -0.140. The number of rotatable bonds is 5. The molecule has 1 saturated heterocycles. The van der Waals surface area contributed by atoms with Crippen LogP contribution in [0, 0.1) is 0 Å². The maximum atomic E-state index is 12.7. The zero-order valence-corrected chi connectivity index (χ0v) is 17.7. The molecular formula is C21H26N4O3S. The minimum atomic E-state index is -0.264. The zero-order chi connectivity index (χ0) is 20.4. The highest BCUT2D eigenvalue weighted by atomic mass is 32.2. The standard InChI is InChI=1S/C21H26N4O3S/c1-14-10-24(11-15(2)28-14)19(26)13-29-20-17-7-5-8-18(17)25(21(27)23-20)12-16-6-3-4-9-22-16/h3-4,6,9,14-15H,5,7-8,10-13H2,1-2H3. The summed E-state index contributed by atoms with van der Waals surface area (Å²) in [5, 5.41) is 0.711. The van der Waals surface area contributed by atoms with Gasteiger partial charge in [0.05, 0.1) is 30.2 Å². The summed E-state index contributed by atoms with van der Waals surface area (Å²) in [6.45, 7) is 5.63. The number of ether oxygens (including phenoxy) is 1. The molecule has 2 atom stereocenters. The van der Waals surface area contributed by atoms with Gasteiger partial charge in [0.1, 0.15) is 5.03 Å². The maximum absolute atomic E-state index is 12.7. The maximum Gasteiger partial charge on any atom is 0.349 e. The van der Waals surface area contributed by atoms with E-state index in [2.05, 4.69) is 9.97 Å². The van der Waals surface area contributed by atoms with E-state index in [1.807, 2.05) is 36.9 Å². The topological polar surface area (TPSA) is 77.3 Å². The number of amides is 1. The lowest BCUT2D eigenvalue weighted by Gasteiger charge is -2.35. The van der Waals surface area contributed by atoms with Crippen LogP contribution >= 0.6 is 11.8 Å². The van der Waals surface area contributed by atoms with Crippen LogP contribution in [0.15, 0.2) is 34.2 Å². The molecule has 1 aliphatic carbocycles. The SMILES string of the molecule is CC1CN(C(=O)CSc2nc(=O)n(Cc3ccccn3)c3c2CCC3)CC(C)O1. The third-order valence-corrected chi connectivity index (χ3v) is 6.35. The van der Waals surface area contributed by atoms with Gasteiger partial charge in [0.2, 0.25) is 5.91 Å². The van der Waals surface area contributed by atoms with Crippen LogP contribution in [0.2, 0.25) is 0 Å². The van der Waals surface area contributed by atoms with Gasteiger partial charge in [-0.25, -0.2) is 4.79 Å². The van der Waals surface area contributed by atoms with Crippen molar-refractivity contribution in [1.82, 2.24) is 19.4 Å². The number of thioether (sulfide) groups is 1. The number of hydrogen-bond acceptors (Lipinski definition) is 6. The van der Waals surface area contributed by atoms with E-state index in [0.29, 0.717) is 30.4 Å². The van der Waals surface area contributed by atoms with Gasteiger partial charge in [-0.05, 0) is 45.2 Å². The van der Waals surface area contributed by atoms with E-state index in [4.69, 9.17) is 4.74 Å².